The van der Waals surface area contributed by atoms with Crippen LogP contribution >= 0.6 is 36.2 Å². The number of benzene rings is 2. The van der Waals surface area contributed by atoms with E-state index in [-0.39, 0.29) is 30.7 Å². The minimum absolute atomic E-state index is 0. The van der Waals surface area contributed by atoms with Gasteiger partial charge in [-0.05, 0) is 31.7 Å². The monoisotopic (exact) mass is 439 g/mol. The fraction of sp³-hybridized carbons (Fsp3) is 0.333. The van der Waals surface area contributed by atoms with Gasteiger partial charge in [-0.1, -0.05) is 42.5 Å². The van der Waals surface area contributed by atoms with Crippen molar-refractivity contribution in [1.29, 1.82) is 0 Å². The molecule has 7 heteroatoms. The minimum Gasteiger partial charge on any atom is -0.344 e. The van der Waals surface area contributed by atoms with Gasteiger partial charge in [-0.15, -0.1) is 36.2 Å². The summed E-state index contributed by atoms with van der Waals surface area (Å²) >= 11 is 1.67. The van der Waals surface area contributed by atoms with Gasteiger partial charge in [0.15, 0.2) is 0 Å². The first kappa shape index (κ1) is 24.4. The average molecular weight is 440 g/mol. The van der Waals surface area contributed by atoms with Gasteiger partial charge in [0.2, 0.25) is 5.91 Å². The van der Waals surface area contributed by atoms with Gasteiger partial charge >= 0.3 is 0 Å². The summed E-state index contributed by atoms with van der Waals surface area (Å²) < 4.78 is 1.16. The van der Waals surface area contributed by atoms with Crippen molar-refractivity contribution in [1.82, 2.24) is 15.2 Å². The van der Waals surface area contributed by atoms with Crippen LogP contribution in [0.5, 0.6) is 0 Å². The lowest BCUT2D eigenvalue weighted by molar-refractivity contribution is -0.135. The third-order valence-corrected chi connectivity index (χ3v) is 5.81. The van der Waals surface area contributed by atoms with Gasteiger partial charge in [0, 0.05) is 26.6 Å². The highest BCUT2D eigenvalue weighted by atomic mass is 35.5. The number of hydrogen-bond acceptors (Lipinski definition) is 4. The smallest absolute Gasteiger partial charge is 0.233 e. The lowest BCUT2D eigenvalue weighted by atomic mass is 9.78. The lowest BCUT2D eigenvalue weighted by Gasteiger charge is -2.32. The van der Waals surface area contributed by atoms with E-state index in [1.807, 2.05) is 74.4 Å². The highest BCUT2D eigenvalue weighted by Gasteiger charge is 2.38. The maximum atomic E-state index is 13.4. The number of aromatic nitrogens is 1. The number of rotatable bonds is 7. The van der Waals surface area contributed by atoms with Crippen LogP contribution in [0.2, 0.25) is 0 Å². The minimum atomic E-state index is -0.641. The second-order valence-electron chi connectivity index (χ2n) is 6.78. The fourth-order valence-corrected chi connectivity index (χ4v) is 4.33. The summed E-state index contributed by atoms with van der Waals surface area (Å²) in [6, 6.07) is 18.2. The van der Waals surface area contributed by atoms with Crippen molar-refractivity contribution in [3.63, 3.8) is 0 Å². The van der Waals surface area contributed by atoms with Crippen LogP contribution in [0.25, 0.3) is 10.2 Å². The number of amides is 1. The standard InChI is InChI=1S/C21H25N3OS.2ClH/c1-21(16-9-5-4-6-10-16,20(25)24(3)14-13-22-2)15-19-23-17-11-7-8-12-18(17)26-19;;/h4-12,22H,13-15H2,1-3H3;2*1H. The number of para-hydroxylation sites is 1. The van der Waals surface area contributed by atoms with E-state index < -0.39 is 5.41 Å². The van der Waals surface area contributed by atoms with Gasteiger partial charge in [-0.2, -0.15) is 0 Å². The Labute approximate surface area is 183 Å². The van der Waals surface area contributed by atoms with Crippen molar-refractivity contribution in [2.45, 2.75) is 18.8 Å². The molecule has 0 aliphatic heterocycles. The SMILES string of the molecule is CNCCN(C)C(=O)C(C)(Cc1nc2ccccc2s1)c1ccccc1.Cl.Cl. The summed E-state index contributed by atoms with van der Waals surface area (Å²) in [5.74, 6) is 0.123. The largest absolute Gasteiger partial charge is 0.344 e. The summed E-state index contributed by atoms with van der Waals surface area (Å²) in [6.45, 7) is 3.48. The van der Waals surface area contributed by atoms with E-state index in [1.54, 1.807) is 11.3 Å². The van der Waals surface area contributed by atoms with Crippen molar-refractivity contribution < 1.29 is 4.79 Å². The van der Waals surface area contributed by atoms with Crippen molar-refractivity contribution in [3.05, 3.63) is 65.2 Å². The Bertz CT molecular complexity index is 855. The predicted molar refractivity (Wildman–Crippen MR) is 123 cm³/mol. The van der Waals surface area contributed by atoms with Crippen LogP contribution in [0.15, 0.2) is 54.6 Å². The van der Waals surface area contributed by atoms with Crippen LogP contribution in [0, 0.1) is 0 Å². The molecule has 0 saturated heterocycles. The summed E-state index contributed by atoms with van der Waals surface area (Å²) in [7, 11) is 3.77. The molecule has 28 heavy (non-hydrogen) atoms. The summed E-state index contributed by atoms with van der Waals surface area (Å²) in [5, 5.41) is 4.10. The molecular formula is C21H27Cl2N3OS. The van der Waals surface area contributed by atoms with Crippen molar-refractivity contribution in [2.75, 3.05) is 27.2 Å². The summed E-state index contributed by atoms with van der Waals surface area (Å²) in [5.41, 5.74) is 1.39. The van der Waals surface area contributed by atoms with Crippen molar-refractivity contribution in [3.8, 4) is 0 Å². The molecule has 0 aliphatic carbocycles. The molecule has 1 aromatic heterocycles. The van der Waals surface area contributed by atoms with Crippen LogP contribution in [-0.2, 0) is 16.6 Å². The number of thiazole rings is 1. The molecule has 2 aromatic carbocycles. The highest BCUT2D eigenvalue weighted by Crippen LogP contribution is 2.33. The maximum absolute atomic E-state index is 13.4. The maximum Gasteiger partial charge on any atom is 0.233 e. The third kappa shape index (κ3) is 5.23. The molecule has 1 atom stereocenters. The molecule has 0 radical (unpaired) electrons. The van der Waals surface area contributed by atoms with Gasteiger partial charge in [-0.25, -0.2) is 4.98 Å². The molecule has 1 amide bonds. The number of likely N-dealkylation sites (N-methyl/N-ethyl adjacent to an activating group) is 2. The third-order valence-electron chi connectivity index (χ3n) is 4.77. The topological polar surface area (TPSA) is 45.2 Å². The normalized spacial score (nSPS) is 12.5. The van der Waals surface area contributed by atoms with Crippen LogP contribution in [-0.4, -0.2) is 43.0 Å². The predicted octanol–water partition coefficient (Wildman–Crippen LogP) is 4.32. The quantitative estimate of drug-likeness (QED) is 0.595. The van der Waals surface area contributed by atoms with E-state index in [9.17, 15) is 4.79 Å². The van der Waals surface area contributed by atoms with E-state index in [2.05, 4.69) is 11.4 Å². The molecular weight excluding hydrogens is 413 g/mol. The van der Waals surface area contributed by atoms with Gasteiger partial charge in [0.05, 0.1) is 20.6 Å². The molecule has 3 aromatic rings. The van der Waals surface area contributed by atoms with Crippen LogP contribution in [0.1, 0.15) is 17.5 Å². The van der Waals surface area contributed by atoms with Crippen molar-refractivity contribution >= 4 is 52.3 Å². The van der Waals surface area contributed by atoms with E-state index in [1.165, 1.54) is 0 Å². The number of carbonyl (C=O) groups excluding carboxylic acids is 1. The Morgan fingerprint density at radius 3 is 2.39 bits per heavy atom. The van der Waals surface area contributed by atoms with E-state index in [4.69, 9.17) is 4.98 Å². The molecule has 1 N–H and O–H groups in total. The Morgan fingerprint density at radius 2 is 1.75 bits per heavy atom. The molecule has 0 aliphatic rings. The lowest BCUT2D eigenvalue weighted by Crippen LogP contribution is -2.46. The van der Waals surface area contributed by atoms with Crippen molar-refractivity contribution in [2.24, 2.45) is 0 Å². The Hall–Kier alpha value is -1.66. The number of nitrogens with one attached hydrogen (secondary N) is 1. The van der Waals surface area contributed by atoms with E-state index in [0.29, 0.717) is 13.0 Å². The second kappa shape index (κ2) is 10.8. The number of halogens is 2. The van der Waals surface area contributed by atoms with Crippen LogP contribution < -0.4 is 5.32 Å². The van der Waals surface area contributed by atoms with E-state index in [0.717, 1.165) is 27.3 Å². The Morgan fingerprint density at radius 1 is 1.11 bits per heavy atom. The molecule has 1 unspecified atom stereocenters. The zero-order valence-electron chi connectivity index (χ0n) is 16.3. The molecule has 0 spiro atoms. The van der Waals surface area contributed by atoms with Gasteiger partial charge < -0.3 is 10.2 Å². The first-order valence-electron chi connectivity index (χ1n) is 8.85. The first-order chi connectivity index (χ1) is 12.5. The summed E-state index contributed by atoms with van der Waals surface area (Å²) in [6.07, 6.45) is 0.596. The fourth-order valence-electron chi connectivity index (χ4n) is 3.21. The molecule has 0 bridgehead atoms. The second-order valence-corrected chi connectivity index (χ2v) is 7.90. The number of carbonyl (C=O) groups is 1. The zero-order valence-corrected chi connectivity index (χ0v) is 18.8. The van der Waals surface area contributed by atoms with Gasteiger partial charge in [0.25, 0.3) is 0 Å². The number of fused-ring (bicyclic) bond motifs is 1. The Balaban J connectivity index is 0.00000196. The highest BCUT2D eigenvalue weighted by molar-refractivity contribution is 7.18. The number of nitrogens with zero attached hydrogens (tertiary/aromatic N) is 2. The Kier molecular flexibility index (Phi) is 9.37. The molecule has 1 heterocycles. The van der Waals surface area contributed by atoms with Crippen LogP contribution in [0.3, 0.4) is 0 Å². The first-order valence-corrected chi connectivity index (χ1v) is 9.66. The van der Waals surface area contributed by atoms with Crippen LogP contribution in [0.4, 0.5) is 0 Å². The average Bonchev–Trinajstić information content (AvgIpc) is 3.08. The molecule has 4 nitrogen and oxygen atoms in total. The molecule has 0 saturated carbocycles. The number of hydrogen-bond donors (Lipinski definition) is 1. The summed E-state index contributed by atoms with van der Waals surface area (Å²) in [4.78, 5) is 19.9. The molecule has 152 valence electrons. The van der Waals surface area contributed by atoms with Gasteiger partial charge in [-0.3, -0.25) is 4.79 Å². The molecule has 0 fully saturated rings. The zero-order chi connectivity index (χ0) is 18.6. The van der Waals surface area contributed by atoms with Gasteiger partial charge in [0.1, 0.15) is 0 Å². The molecule has 3 rings (SSSR count). The van der Waals surface area contributed by atoms with E-state index >= 15 is 0 Å².